The van der Waals surface area contributed by atoms with Crippen molar-refractivity contribution in [3.8, 4) is 0 Å². The van der Waals surface area contributed by atoms with E-state index in [0.717, 1.165) is 16.5 Å². The van der Waals surface area contributed by atoms with Crippen molar-refractivity contribution in [2.45, 2.75) is 39.8 Å². The lowest BCUT2D eigenvalue weighted by molar-refractivity contribution is -0.128. The average molecular weight is 443 g/mol. The average Bonchev–Trinajstić information content (AvgIpc) is 3.24. The van der Waals surface area contributed by atoms with E-state index in [-0.39, 0.29) is 17.7 Å². The second-order valence-corrected chi connectivity index (χ2v) is 8.45. The van der Waals surface area contributed by atoms with E-state index in [0.29, 0.717) is 47.5 Å². The number of aromatic nitrogens is 2. The van der Waals surface area contributed by atoms with E-state index in [2.05, 4.69) is 15.3 Å². The van der Waals surface area contributed by atoms with Gasteiger partial charge in [0.05, 0.1) is 12.0 Å². The standard InChI is InChI=1S/C22H23FN4O3S/c1-4-30-22(29)18-12(2)17-19(24-13(3)25-20(17)31-18)26-16-9-10-27(21(16)28)11-14-5-7-15(23)8-6-14/h5-8,16H,4,9-11H2,1-3H3,(H,24,25,26). The minimum Gasteiger partial charge on any atom is -0.462 e. The number of hydrogen-bond donors (Lipinski definition) is 1. The summed E-state index contributed by atoms with van der Waals surface area (Å²) in [6.45, 7) is 6.70. The number of nitrogens with zero attached hydrogens (tertiary/aromatic N) is 3. The van der Waals surface area contributed by atoms with Crippen LogP contribution in [-0.4, -0.2) is 45.9 Å². The van der Waals surface area contributed by atoms with Crippen LogP contribution in [0.25, 0.3) is 10.2 Å². The summed E-state index contributed by atoms with van der Waals surface area (Å²) in [6.07, 6.45) is 0.624. The van der Waals surface area contributed by atoms with Crippen LogP contribution in [0, 0.1) is 19.7 Å². The molecule has 1 unspecified atom stereocenters. The van der Waals surface area contributed by atoms with Crippen molar-refractivity contribution in [2.75, 3.05) is 18.5 Å². The molecular formula is C22H23FN4O3S. The first kappa shape index (κ1) is 21.2. The van der Waals surface area contributed by atoms with Crippen LogP contribution in [0.1, 0.15) is 40.0 Å². The lowest BCUT2D eigenvalue weighted by atomic mass is 10.2. The summed E-state index contributed by atoms with van der Waals surface area (Å²) in [5, 5.41) is 4.02. The molecule has 9 heteroatoms. The molecule has 1 N–H and O–H groups in total. The molecule has 3 heterocycles. The number of benzene rings is 1. The highest BCUT2D eigenvalue weighted by Gasteiger charge is 2.33. The van der Waals surface area contributed by atoms with Crippen LogP contribution in [-0.2, 0) is 16.1 Å². The number of thiophene rings is 1. The zero-order chi connectivity index (χ0) is 22.1. The molecule has 1 aliphatic heterocycles. The Morgan fingerprint density at radius 1 is 1.29 bits per heavy atom. The number of esters is 1. The topological polar surface area (TPSA) is 84.4 Å². The third kappa shape index (κ3) is 4.23. The summed E-state index contributed by atoms with van der Waals surface area (Å²) in [4.78, 5) is 37.2. The molecule has 1 aromatic carbocycles. The number of carbonyl (C=O) groups excluding carboxylic acids is 2. The van der Waals surface area contributed by atoms with Gasteiger partial charge in [-0.3, -0.25) is 4.79 Å². The number of halogens is 1. The minimum absolute atomic E-state index is 0.0350. The second-order valence-electron chi connectivity index (χ2n) is 7.45. The van der Waals surface area contributed by atoms with Gasteiger partial charge < -0.3 is 15.0 Å². The maximum absolute atomic E-state index is 13.1. The Morgan fingerprint density at radius 2 is 2.03 bits per heavy atom. The maximum Gasteiger partial charge on any atom is 0.348 e. The number of hydrogen-bond acceptors (Lipinski definition) is 7. The Hall–Kier alpha value is -3.07. The van der Waals surface area contributed by atoms with Crippen LogP contribution < -0.4 is 5.32 Å². The molecule has 162 valence electrons. The van der Waals surface area contributed by atoms with Crippen LogP contribution in [0.5, 0.6) is 0 Å². The predicted molar refractivity (Wildman–Crippen MR) is 117 cm³/mol. The van der Waals surface area contributed by atoms with E-state index in [1.165, 1.54) is 23.5 Å². The quantitative estimate of drug-likeness (QED) is 0.584. The van der Waals surface area contributed by atoms with Crippen LogP contribution in [0.2, 0.25) is 0 Å². The van der Waals surface area contributed by atoms with Gasteiger partial charge in [0.15, 0.2) is 0 Å². The smallest absolute Gasteiger partial charge is 0.348 e. The number of amides is 1. The fourth-order valence-electron chi connectivity index (χ4n) is 3.75. The Labute approximate surface area is 183 Å². The first-order chi connectivity index (χ1) is 14.9. The zero-order valence-electron chi connectivity index (χ0n) is 17.6. The van der Waals surface area contributed by atoms with Gasteiger partial charge in [0.2, 0.25) is 5.91 Å². The highest BCUT2D eigenvalue weighted by molar-refractivity contribution is 7.20. The number of likely N-dealkylation sites (tertiary alicyclic amines) is 1. The molecule has 1 fully saturated rings. The van der Waals surface area contributed by atoms with Crippen LogP contribution in [0.3, 0.4) is 0 Å². The lowest BCUT2D eigenvalue weighted by Gasteiger charge is -2.18. The number of anilines is 1. The molecule has 7 nitrogen and oxygen atoms in total. The summed E-state index contributed by atoms with van der Waals surface area (Å²) < 4.78 is 18.3. The summed E-state index contributed by atoms with van der Waals surface area (Å²) >= 11 is 1.27. The van der Waals surface area contributed by atoms with Crippen molar-refractivity contribution >= 4 is 39.2 Å². The maximum atomic E-state index is 13.1. The van der Waals surface area contributed by atoms with Gasteiger partial charge >= 0.3 is 5.97 Å². The lowest BCUT2D eigenvalue weighted by Crippen LogP contribution is -2.33. The molecule has 1 amide bonds. The summed E-state index contributed by atoms with van der Waals surface area (Å²) in [5.41, 5.74) is 1.62. The number of carbonyl (C=O) groups is 2. The molecular weight excluding hydrogens is 419 g/mol. The normalized spacial score (nSPS) is 16.2. The Balaban J connectivity index is 1.57. The van der Waals surface area contributed by atoms with E-state index >= 15 is 0 Å². The highest BCUT2D eigenvalue weighted by atomic mass is 32.1. The number of nitrogens with one attached hydrogen (secondary N) is 1. The fraction of sp³-hybridized carbons (Fsp3) is 0.364. The molecule has 1 saturated heterocycles. The minimum atomic E-state index is -0.428. The third-order valence-corrected chi connectivity index (χ3v) is 6.42. The molecule has 2 aromatic heterocycles. The third-order valence-electron chi connectivity index (χ3n) is 5.26. The van der Waals surface area contributed by atoms with Crippen molar-refractivity contribution in [1.82, 2.24) is 14.9 Å². The molecule has 1 atom stereocenters. The SMILES string of the molecule is CCOC(=O)c1sc2nc(C)nc(NC3CCN(Cc4ccc(F)cc4)C3=O)c2c1C. The van der Waals surface area contributed by atoms with E-state index in [4.69, 9.17) is 4.74 Å². The summed E-state index contributed by atoms with van der Waals surface area (Å²) in [5.74, 6) is 0.392. The molecule has 0 spiro atoms. The largest absolute Gasteiger partial charge is 0.462 e. The van der Waals surface area contributed by atoms with E-state index in [1.54, 1.807) is 30.9 Å². The van der Waals surface area contributed by atoms with Gasteiger partial charge in [-0.15, -0.1) is 11.3 Å². The summed E-state index contributed by atoms with van der Waals surface area (Å²) in [7, 11) is 0. The van der Waals surface area contributed by atoms with Gasteiger partial charge in [0.25, 0.3) is 0 Å². The van der Waals surface area contributed by atoms with Gasteiger partial charge in [-0.05, 0) is 50.5 Å². The van der Waals surface area contributed by atoms with Gasteiger partial charge in [-0.25, -0.2) is 19.2 Å². The van der Waals surface area contributed by atoms with Gasteiger partial charge in [0.1, 0.15) is 33.2 Å². The monoisotopic (exact) mass is 442 g/mol. The molecule has 31 heavy (non-hydrogen) atoms. The van der Waals surface area contributed by atoms with E-state index in [9.17, 15) is 14.0 Å². The van der Waals surface area contributed by atoms with Gasteiger partial charge in [0, 0.05) is 13.1 Å². The molecule has 0 aliphatic carbocycles. The van der Waals surface area contributed by atoms with Crippen LogP contribution in [0.15, 0.2) is 24.3 Å². The van der Waals surface area contributed by atoms with E-state index < -0.39 is 6.04 Å². The van der Waals surface area contributed by atoms with Crippen molar-refractivity contribution in [1.29, 1.82) is 0 Å². The molecule has 0 saturated carbocycles. The number of ether oxygens (including phenoxy) is 1. The number of aryl methyl sites for hydroxylation is 2. The number of rotatable bonds is 6. The van der Waals surface area contributed by atoms with Crippen molar-refractivity contribution in [3.63, 3.8) is 0 Å². The van der Waals surface area contributed by atoms with Crippen molar-refractivity contribution < 1.29 is 18.7 Å². The summed E-state index contributed by atoms with van der Waals surface area (Å²) in [6, 6.07) is 5.74. The molecule has 1 aliphatic rings. The molecule has 3 aromatic rings. The molecule has 0 radical (unpaired) electrons. The fourth-order valence-corrected chi connectivity index (χ4v) is 4.87. The Morgan fingerprint density at radius 3 is 2.74 bits per heavy atom. The van der Waals surface area contributed by atoms with Gasteiger partial charge in [-0.2, -0.15) is 0 Å². The first-order valence-corrected chi connectivity index (χ1v) is 10.9. The molecule has 0 bridgehead atoms. The van der Waals surface area contributed by atoms with Crippen molar-refractivity contribution in [2.24, 2.45) is 0 Å². The Bertz CT molecular complexity index is 1150. The van der Waals surface area contributed by atoms with Gasteiger partial charge in [-0.1, -0.05) is 12.1 Å². The van der Waals surface area contributed by atoms with Crippen molar-refractivity contribution in [3.05, 3.63) is 51.9 Å². The first-order valence-electron chi connectivity index (χ1n) is 10.1. The number of fused-ring (bicyclic) bond motifs is 1. The van der Waals surface area contributed by atoms with Crippen LogP contribution >= 0.6 is 11.3 Å². The van der Waals surface area contributed by atoms with E-state index in [1.807, 2.05) is 6.92 Å². The zero-order valence-corrected chi connectivity index (χ0v) is 18.4. The highest BCUT2D eigenvalue weighted by Crippen LogP contribution is 2.35. The Kier molecular flexibility index (Phi) is 5.86. The van der Waals surface area contributed by atoms with Crippen LogP contribution in [0.4, 0.5) is 10.2 Å². The predicted octanol–water partition coefficient (Wildman–Crippen LogP) is 3.84. The second kappa shape index (κ2) is 8.58. The molecule has 4 rings (SSSR count).